The fraction of sp³-hybridized carbons (Fsp3) is 0.0714. The molecule has 0 saturated carbocycles. The van der Waals surface area contributed by atoms with Gasteiger partial charge < -0.3 is 4.40 Å². The molecule has 0 aliphatic carbocycles. The van der Waals surface area contributed by atoms with E-state index in [1.807, 2.05) is 22.7 Å². The summed E-state index contributed by atoms with van der Waals surface area (Å²) in [5, 5.41) is 2.14. The Morgan fingerprint density at radius 3 is 2.94 bits per heavy atom. The van der Waals surface area contributed by atoms with Gasteiger partial charge in [0.05, 0.1) is 5.52 Å². The van der Waals surface area contributed by atoms with Crippen molar-refractivity contribution >= 4 is 23.1 Å². The molecule has 0 saturated heterocycles. The van der Waals surface area contributed by atoms with Crippen molar-refractivity contribution in [2.24, 2.45) is 0 Å². The Bertz CT molecular complexity index is 693. The summed E-state index contributed by atoms with van der Waals surface area (Å²) in [5.74, 6) is 0. The van der Waals surface area contributed by atoms with Gasteiger partial charge in [-0.1, -0.05) is 0 Å². The van der Waals surface area contributed by atoms with Crippen LogP contribution in [0, 0.1) is 6.92 Å². The first-order valence-corrected chi connectivity index (χ1v) is 6.27. The second-order valence-electron chi connectivity index (χ2n) is 4.09. The number of aromatic nitrogens is 1. The van der Waals surface area contributed by atoms with Crippen LogP contribution >= 0.6 is 11.3 Å². The summed E-state index contributed by atoms with van der Waals surface area (Å²) in [4.78, 5) is 12.2. The van der Waals surface area contributed by atoms with Gasteiger partial charge in [-0.2, -0.15) is 0 Å². The third-order valence-electron chi connectivity index (χ3n) is 2.81. The second kappa shape index (κ2) is 3.86. The Hall–Kier alpha value is -1.87. The molecule has 0 aliphatic heterocycles. The summed E-state index contributed by atoms with van der Waals surface area (Å²) >= 11 is 1.73. The van der Waals surface area contributed by atoms with E-state index in [4.69, 9.17) is 0 Å². The lowest BCUT2D eigenvalue weighted by Crippen LogP contribution is -1.86. The van der Waals surface area contributed by atoms with Crippen LogP contribution in [0.15, 0.2) is 42.0 Å². The van der Waals surface area contributed by atoms with Crippen molar-refractivity contribution in [1.29, 1.82) is 0 Å². The summed E-state index contributed by atoms with van der Waals surface area (Å²) < 4.78 is 1.99. The molecule has 0 bridgehead atoms. The van der Waals surface area contributed by atoms with Crippen molar-refractivity contribution in [3.05, 3.63) is 53.2 Å². The van der Waals surface area contributed by atoms with Crippen molar-refractivity contribution in [2.45, 2.75) is 6.92 Å². The maximum Gasteiger partial charge on any atom is 0.152 e. The van der Waals surface area contributed by atoms with Crippen LogP contribution in [0.1, 0.15) is 15.9 Å². The number of hydrogen-bond donors (Lipinski definition) is 0. The van der Waals surface area contributed by atoms with E-state index >= 15 is 0 Å². The van der Waals surface area contributed by atoms with Gasteiger partial charge in [-0.3, -0.25) is 4.79 Å². The van der Waals surface area contributed by atoms with Crippen molar-refractivity contribution < 1.29 is 4.79 Å². The van der Waals surface area contributed by atoms with Crippen LogP contribution in [-0.4, -0.2) is 10.7 Å². The van der Waals surface area contributed by atoms with Crippen LogP contribution in [0.4, 0.5) is 0 Å². The number of nitrogens with zero attached hydrogens (tertiary/aromatic N) is 1. The monoisotopic (exact) mass is 241 g/mol. The summed E-state index contributed by atoms with van der Waals surface area (Å²) in [7, 11) is 0. The molecule has 3 heterocycles. The molecule has 3 rings (SSSR count). The Balaban J connectivity index is 2.23. The van der Waals surface area contributed by atoms with Gasteiger partial charge in [0.15, 0.2) is 6.29 Å². The number of hydrogen-bond acceptors (Lipinski definition) is 2. The average Bonchev–Trinajstić information content (AvgIpc) is 2.93. The van der Waals surface area contributed by atoms with E-state index in [1.165, 1.54) is 10.4 Å². The molecule has 3 heteroatoms. The van der Waals surface area contributed by atoms with E-state index in [1.54, 1.807) is 11.3 Å². The van der Waals surface area contributed by atoms with E-state index < -0.39 is 0 Å². The van der Waals surface area contributed by atoms with Crippen molar-refractivity contribution in [3.8, 4) is 10.4 Å². The Morgan fingerprint density at radius 2 is 2.24 bits per heavy atom. The Morgan fingerprint density at radius 1 is 1.35 bits per heavy atom. The number of aryl methyl sites for hydroxylation is 1. The minimum Gasteiger partial charge on any atom is -0.322 e. The molecular weight excluding hydrogens is 230 g/mol. The molecule has 0 atom stereocenters. The average molecular weight is 241 g/mol. The van der Waals surface area contributed by atoms with Crippen LogP contribution in [-0.2, 0) is 0 Å². The Kier molecular flexibility index (Phi) is 2.34. The molecule has 0 aromatic carbocycles. The van der Waals surface area contributed by atoms with Crippen molar-refractivity contribution in [2.75, 3.05) is 0 Å². The van der Waals surface area contributed by atoms with Gasteiger partial charge >= 0.3 is 0 Å². The van der Waals surface area contributed by atoms with E-state index in [-0.39, 0.29) is 0 Å². The lowest BCUT2D eigenvalue weighted by Gasteiger charge is -1.94. The fourth-order valence-corrected chi connectivity index (χ4v) is 2.86. The summed E-state index contributed by atoms with van der Waals surface area (Å²) in [5.41, 5.74) is 4.13. The second-order valence-corrected chi connectivity index (χ2v) is 5.00. The molecule has 0 radical (unpaired) electrons. The van der Waals surface area contributed by atoms with Gasteiger partial charge in [0.2, 0.25) is 0 Å². The number of pyridine rings is 1. The highest BCUT2D eigenvalue weighted by atomic mass is 32.1. The van der Waals surface area contributed by atoms with E-state index in [0.29, 0.717) is 0 Å². The highest BCUT2D eigenvalue weighted by Crippen LogP contribution is 2.29. The number of carbonyl (C=O) groups is 1. The minimum atomic E-state index is 0.729. The van der Waals surface area contributed by atoms with E-state index in [0.717, 1.165) is 22.9 Å². The van der Waals surface area contributed by atoms with Gasteiger partial charge in [-0.05, 0) is 42.1 Å². The van der Waals surface area contributed by atoms with Crippen LogP contribution < -0.4 is 0 Å². The topological polar surface area (TPSA) is 21.5 Å². The quantitative estimate of drug-likeness (QED) is 0.625. The number of aldehydes is 1. The maximum absolute atomic E-state index is 11.0. The van der Waals surface area contributed by atoms with Crippen LogP contribution in [0.2, 0.25) is 0 Å². The molecule has 17 heavy (non-hydrogen) atoms. The first-order valence-electron chi connectivity index (χ1n) is 5.39. The lowest BCUT2D eigenvalue weighted by atomic mass is 10.2. The standard InChI is InChI=1S/C14H11NOS/c1-10-5-14(17-9-10)12-6-13-11(8-16)3-2-4-15(13)7-12/h2-9H,1H3. The molecule has 0 aliphatic rings. The molecule has 0 unspecified atom stereocenters. The number of carbonyl (C=O) groups excluding carboxylic acids is 1. The van der Waals surface area contributed by atoms with Crippen LogP contribution in [0.25, 0.3) is 16.0 Å². The first kappa shape index (κ1) is 10.3. The van der Waals surface area contributed by atoms with Gasteiger partial charge in [0, 0.05) is 28.4 Å². The van der Waals surface area contributed by atoms with Gasteiger partial charge in [-0.15, -0.1) is 11.3 Å². The van der Waals surface area contributed by atoms with Gasteiger partial charge in [-0.25, -0.2) is 0 Å². The largest absolute Gasteiger partial charge is 0.322 e. The molecular formula is C14H11NOS. The molecule has 2 nitrogen and oxygen atoms in total. The zero-order valence-corrected chi connectivity index (χ0v) is 10.2. The number of fused-ring (bicyclic) bond motifs is 1. The summed E-state index contributed by atoms with van der Waals surface area (Å²) in [6.07, 6.45) is 4.93. The fourth-order valence-electron chi connectivity index (χ4n) is 1.98. The van der Waals surface area contributed by atoms with Gasteiger partial charge in [0.25, 0.3) is 0 Å². The third-order valence-corrected chi connectivity index (χ3v) is 3.91. The molecule has 0 fully saturated rings. The number of thiophene rings is 1. The maximum atomic E-state index is 11.0. The highest BCUT2D eigenvalue weighted by molar-refractivity contribution is 7.13. The van der Waals surface area contributed by atoms with Crippen LogP contribution in [0.3, 0.4) is 0 Å². The van der Waals surface area contributed by atoms with E-state index in [9.17, 15) is 4.79 Å². The SMILES string of the molecule is Cc1csc(-c2cc3c(C=O)cccn3c2)c1. The van der Waals surface area contributed by atoms with Crippen LogP contribution in [0.5, 0.6) is 0 Å². The highest BCUT2D eigenvalue weighted by Gasteiger charge is 2.06. The molecule has 84 valence electrons. The van der Waals surface area contributed by atoms with E-state index in [2.05, 4.69) is 30.6 Å². The predicted molar refractivity (Wildman–Crippen MR) is 70.8 cm³/mol. The van der Waals surface area contributed by atoms with Gasteiger partial charge in [0.1, 0.15) is 0 Å². The lowest BCUT2D eigenvalue weighted by molar-refractivity contribution is 0.112. The van der Waals surface area contributed by atoms with Crippen molar-refractivity contribution in [1.82, 2.24) is 4.40 Å². The number of rotatable bonds is 2. The third kappa shape index (κ3) is 1.68. The molecule has 3 aromatic rings. The zero-order valence-electron chi connectivity index (χ0n) is 9.38. The smallest absolute Gasteiger partial charge is 0.152 e. The zero-order chi connectivity index (χ0) is 11.8. The Labute approximate surface area is 103 Å². The first-order chi connectivity index (χ1) is 8.28. The summed E-state index contributed by atoms with van der Waals surface area (Å²) in [6.45, 7) is 2.09. The minimum absolute atomic E-state index is 0.729. The van der Waals surface area contributed by atoms with Crippen molar-refractivity contribution in [3.63, 3.8) is 0 Å². The summed E-state index contributed by atoms with van der Waals surface area (Å²) in [6, 6.07) is 7.96. The molecule has 0 amide bonds. The molecule has 0 N–H and O–H groups in total. The molecule has 0 spiro atoms. The normalized spacial score (nSPS) is 10.9. The molecule has 3 aromatic heterocycles. The predicted octanol–water partition coefficient (Wildman–Crippen LogP) is 3.79.